The van der Waals surface area contributed by atoms with Crippen LogP contribution in [0.3, 0.4) is 0 Å². The molecule has 0 fully saturated rings. The lowest BCUT2D eigenvalue weighted by molar-refractivity contribution is 0.0609. The molecule has 2 atom stereocenters. The second kappa shape index (κ2) is 6.58. The quantitative estimate of drug-likeness (QED) is 0.891. The number of pyridine rings is 1. The number of nitrogens with one attached hydrogen (secondary N) is 1. The van der Waals surface area contributed by atoms with E-state index in [2.05, 4.69) is 22.3 Å². The van der Waals surface area contributed by atoms with Crippen molar-refractivity contribution in [3.63, 3.8) is 0 Å². The predicted molar refractivity (Wildman–Crippen MR) is 88.0 cm³/mol. The fourth-order valence-electron chi connectivity index (χ4n) is 2.26. The summed E-state index contributed by atoms with van der Waals surface area (Å²) in [7, 11) is 0. The maximum Gasteiger partial charge on any atom is 0.153 e. The van der Waals surface area contributed by atoms with Gasteiger partial charge in [0.05, 0.1) is 12.3 Å². The highest BCUT2D eigenvalue weighted by molar-refractivity contribution is 5.29. The van der Waals surface area contributed by atoms with Crippen LogP contribution in [0.4, 0.5) is 0 Å². The molecule has 0 aliphatic carbocycles. The minimum atomic E-state index is -0.388. The Morgan fingerprint density at radius 1 is 1.32 bits per heavy atom. The predicted octanol–water partition coefficient (Wildman–Crippen LogP) is 2.63. The summed E-state index contributed by atoms with van der Waals surface area (Å²) in [6, 6.07) is 5.89. The number of aromatic nitrogens is 3. The number of hydrogen-bond donors (Lipinski definition) is 2. The Kier molecular flexibility index (Phi) is 4.98. The van der Waals surface area contributed by atoms with Gasteiger partial charge in [-0.15, -0.1) is 0 Å². The van der Waals surface area contributed by atoms with Crippen molar-refractivity contribution in [1.82, 2.24) is 20.1 Å². The average molecular weight is 302 g/mol. The second-order valence-electron chi connectivity index (χ2n) is 6.80. The first kappa shape index (κ1) is 16.6. The summed E-state index contributed by atoms with van der Waals surface area (Å²) in [5, 5.41) is 18.0. The van der Waals surface area contributed by atoms with Crippen LogP contribution in [-0.2, 0) is 0 Å². The Labute approximate surface area is 132 Å². The van der Waals surface area contributed by atoms with Gasteiger partial charge in [0.25, 0.3) is 0 Å². The molecule has 2 N–H and O–H groups in total. The van der Waals surface area contributed by atoms with Gasteiger partial charge in [-0.1, -0.05) is 26.8 Å². The van der Waals surface area contributed by atoms with E-state index in [1.807, 2.05) is 56.8 Å². The van der Waals surface area contributed by atoms with Crippen molar-refractivity contribution in [3.8, 4) is 5.82 Å². The molecule has 5 heteroatoms. The molecule has 22 heavy (non-hydrogen) atoms. The van der Waals surface area contributed by atoms with Gasteiger partial charge in [-0.05, 0) is 31.4 Å². The van der Waals surface area contributed by atoms with E-state index in [-0.39, 0.29) is 17.6 Å². The molecule has 2 rings (SSSR count). The van der Waals surface area contributed by atoms with Crippen LogP contribution in [0.25, 0.3) is 5.82 Å². The Hall–Kier alpha value is -1.72. The van der Waals surface area contributed by atoms with Crippen molar-refractivity contribution in [2.24, 2.45) is 5.41 Å². The molecular formula is C17H26N4O. The first-order chi connectivity index (χ1) is 10.3. The number of nitrogens with zero attached hydrogens (tertiary/aromatic N) is 3. The maximum atomic E-state index is 10.1. The Morgan fingerprint density at radius 2 is 2.05 bits per heavy atom. The zero-order valence-corrected chi connectivity index (χ0v) is 14.0. The van der Waals surface area contributed by atoms with Crippen molar-refractivity contribution in [2.45, 2.75) is 46.8 Å². The summed E-state index contributed by atoms with van der Waals surface area (Å²) >= 11 is 0. The summed E-state index contributed by atoms with van der Waals surface area (Å²) in [6.07, 6.45) is 3.24. The van der Waals surface area contributed by atoms with E-state index in [0.29, 0.717) is 6.54 Å². The van der Waals surface area contributed by atoms with Crippen LogP contribution in [-0.4, -0.2) is 32.5 Å². The van der Waals surface area contributed by atoms with Gasteiger partial charge >= 0.3 is 0 Å². The number of hydrogen-bond acceptors (Lipinski definition) is 4. The van der Waals surface area contributed by atoms with Gasteiger partial charge in [0.2, 0.25) is 0 Å². The largest absolute Gasteiger partial charge is 0.391 e. The molecule has 0 radical (unpaired) electrons. The molecule has 120 valence electrons. The number of aliphatic hydroxyl groups is 1. The van der Waals surface area contributed by atoms with E-state index in [4.69, 9.17) is 0 Å². The van der Waals surface area contributed by atoms with Crippen LogP contribution < -0.4 is 5.32 Å². The molecule has 2 heterocycles. The zero-order chi connectivity index (χ0) is 16.3. The Balaban J connectivity index is 2.09. The van der Waals surface area contributed by atoms with Crippen LogP contribution in [0, 0.1) is 12.3 Å². The third kappa shape index (κ3) is 3.72. The lowest BCUT2D eigenvalue weighted by Gasteiger charge is -2.27. The first-order valence-electron chi connectivity index (χ1n) is 7.68. The smallest absolute Gasteiger partial charge is 0.153 e. The van der Waals surface area contributed by atoms with Crippen LogP contribution in [0.1, 0.15) is 45.0 Å². The van der Waals surface area contributed by atoms with E-state index in [1.165, 1.54) is 0 Å². The molecule has 0 aliphatic heterocycles. The normalized spacial score (nSPS) is 14.8. The monoisotopic (exact) mass is 302 g/mol. The first-order valence-corrected chi connectivity index (χ1v) is 7.68. The molecule has 0 bridgehead atoms. The van der Waals surface area contributed by atoms with Gasteiger partial charge in [0.1, 0.15) is 0 Å². The highest BCUT2D eigenvalue weighted by atomic mass is 16.3. The standard InChI is InChI=1S/C17H26N4O/c1-12(19-11-15(22)17(3,4)5)14-10-20-21(13(14)2)16-8-6-7-9-18-16/h6-10,12,15,19,22H,11H2,1-5H3. The molecule has 2 aromatic rings. The van der Waals surface area contributed by atoms with Gasteiger partial charge in [-0.25, -0.2) is 9.67 Å². The summed E-state index contributed by atoms with van der Waals surface area (Å²) in [5.74, 6) is 0.813. The molecule has 0 saturated heterocycles. The molecule has 2 aromatic heterocycles. The second-order valence-corrected chi connectivity index (χ2v) is 6.80. The third-order valence-corrected chi connectivity index (χ3v) is 4.00. The van der Waals surface area contributed by atoms with Crippen LogP contribution in [0.2, 0.25) is 0 Å². The maximum absolute atomic E-state index is 10.1. The van der Waals surface area contributed by atoms with Crippen molar-refractivity contribution in [2.75, 3.05) is 6.54 Å². The van der Waals surface area contributed by atoms with Gasteiger partial charge in [-0.2, -0.15) is 5.10 Å². The lowest BCUT2D eigenvalue weighted by atomic mass is 9.89. The third-order valence-electron chi connectivity index (χ3n) is 4.00. The van der Waals surface area contributed by atoms with Crippen molar-refractivity contribution < 1.29 is 5.11 Å². The Bertz CT molecular complexity index is 601. The topological polar surface area (TPSA) is 63.0 Å². The van der Waals surface area contributed by atoms with Crippen molar-refractivity contribution in [3.05, 3.63) is 41.9 Å². The van der Waals surface area contributed by atoms with Gasteiger partial charge in [0, 0.05) is 30.0 Å². The fraction of sp³-hybridized carbons (Fsp3) is 0.529. The SMILES string of the molecule is Cc1c(C(C)NCC(O)C(C)(C)C)cnn1-c1ccccn1. The summed E-state index contributed by atoms with van der Waals surface area (Å²) < 4.78 is 1.84. The minimum Gasteiger partial charge on any atom is -0.391 e. The van der Waals surface area contributed by atoms with Gasteiger partial charge in [-0.3, -0.25) is 0 Å². The molecule has 2 unspecified atom stereocenters. The molecule has 0 amide bonds. The average Bonchev–Trinajstić information content (AvgIpc) is 2.86. The van der Waals surface area contributed by atoms with Gasteiger partial charge in [0.15, 0.2) is 5.82 Å². The minimum absolute atomic E-state index is 0.120. The van der Waals surface area contributed by atoms with Gasteiger partial charge < -0.3 is 10.4 Å². The van der Waals surface area contributed by atoms with E-state index in [0.717, 1.165) is 17.1 Å². The zero-order valence-electron chi connectivity index (χ0n) is 14.0. The fourth-order valence-corrected chi connectivity index (χ4v) is 2.26. The molecular weight excluding hydrogens is 276 g/mol. The highest BCUT2D eigenvalue weighted by Gasteiger charge is 2.23. The summed E-state index contributed by atoms with van der Waals surface area (Å²) in [4.78, 5) is 4.33. The van der Waals surface area contributed by atoms with Crippen molar-refractivity contribution in [1.29, 1.82) is 0 Å². The molecule has 0 saturated carbocycles. The van der Waals surface area contributed by atoms with Crippen LogP contribution in [0.15, 0.2) is 30.6 Å². The molecule has 5 nitrogen and oxygen atoms in total. The van der Waals surface area contributed by atoms with Crippen LogP contribution in [0.5, 0.6) is 0 Å². The highest BCUT2D eigenvalue weighted by Crippen LogP contribution is 2.21. The molecule has 0 aliphatic rings. The van der Waals surface area contributed by atoms with Crippen LogP contribution >= 0.6 is 0 Å². The van der Waals surface area contributed by atoms with E-state index >= 15 is 0 Å². The van der Waals surface area contributed by atoms with E-state index < -0.39 is 0 Å². The number of rotatable bonds is 5. The summed E-state index contributed by atoms with van der Waals surface area (Å²) in [5.41, 5.74) is 2.05. The Morgan fingerprint density at radius 3 is 2.64 bits per heavy atom. The van der Waals surface area contributed by atoms with E-state index in [9.17, 15) is 5.11 Å². The summed E-state index contributed by atoms with van der Waals surface area (Å²) in [6.45, 7) is 10.8. The van der Waals surface area contributed by atoms with E-state index in [1.54, 1.807) is 6.20 Å². The molecule has 0 spiro atoms. The number of aliphatic hydroxyl groups excluding tert-OH is 1. The molecule has 0 aromatic carbocycles. The van der Waals surface area contributed by atoms with Crippen molar-refractivity contribution >= 4 is 0 Å². The lowest BCUT2D eigenvalue weighted by Crippen LogP contribution is -2.37.